The highest BCUT2D eigenvalue weighted by molar-refractivity contribution is 9.10. The van der Waals surface area contributed by atoms with Crippen LogP contribution in [-0.2, 0) is 4.79 Å². The topological polar surface area (TPSA) is 41.1 Å². The van der Waals surface area contributed by atoms with E-state index in [2.05, 4.69) is 33.5 Å². The summed E-state index contributed by atoms with van der Waals surface area (Å²) in [6, 6.07) is 8.04. The van der Waals surface area contributed by atoms with Crippen LogP contribution in [0.5, 0.6) is 0 Å². The first-order valence-electron chi connectivity index (χ1n) is 6.85. The van der Waals surface area contributed by atoms with Gasteiger partial charge in [-0.3, -0.25) is 4.79 Å². The highest BCUT2D eigenvalue weighted by Crippen LogP contribution is 2.19. The summed E-state index contributed by atoms with van der Waals surface area (Å²) in [6.07, 6.45) is 2.09. The summed E-state index contributed by atoms with van der Waals surface area (Å²) in [5.74, 6) is 0.734. The normalized spacial score (nSPS) is 24.8. The Bertz CT molecular complexity index is 450. The highest BCUT2D eigenvalue weighted by Gasteiger charge is 2.25. The lowest BCUT2D eigenvalue weighted by molar-refractivity contribution is -0.124. The van der Waals surface area contributed by atoms with E-state index in [9.17, 15) is 4.79 Å². The van der Waals surface area contributed by atoms with Gasteiger partial charge in [0.05, 0.1) is 12.1 Å². The van der Waals surface area contributed by atoms with E-state index in [-0.39, 0.29) is 18.0 Å². The first-order valence-corrected chi connectivity index (χ1v) is 7.65. The van der Waals surface area contributed by atoms with Gasteiger partial charge in [-0.15, -0.1) is 0 Å². The van der Waals surface area contributed by atoms with E-state index < -0.39 is 0 Å². The molecule has 3 unspecified atom stereocenters. The smallest absolute Gasteiger partial charge is 0.237 e. The van der Waals surface area contributed by atoms with E-state index in [1.54, 1.807) is 0 Å². The average molecular weight is 325 g/mol. The molecule has 0 radical (unpaired) electrons. The third-order valence-electron chi connectivity index (χ3n) is 3.69. The summed E-state index contributed by atoms with van der Waals surface area (Å²) >= 11 is 3.46. The zero-order valence-corrected chi connectivity index (χ0v) is 13.0. The quantitative estimate of drug-likeness (QED) is 0.897. The molecule has 19 heavy (non-hydrogen) atoms. The zero-order valence-electron chi connectivity index (χ0n) is 11.4. The molecule has 0 bridgehead atoms. The largest absolute Gasteiger partial charge is 0.348 e. The second-order valence-electron chi connectivity index (χ2n) is 5.42. The van der Waals surface area contributed by atoms with Gasteiger partial charge < -0.3 is 10.6 Å². The number of rotatable bonds is 3. The minimum absolute atomic E-state index is 0.0315. The first-order chi connectivity index (χ1) is 9.06. The fraction of sp³-hybridized carbons (Fsp3) is 0.533. The molecule has 3 nitrogen and oxygen atoms in total. The Labute approximate surface area is 123 Å². The van der Waals surface area contributed by atoms with Gasteiger partial charge in [-0.1, -0.05) is 35.0 Å². The van der Waals surface area contributed by atoms with E-state index in [0.29, 0.717) is 5.92 Å². The fourth-order valence-corrected chi connectivity index (χ4v) is 2.90. The van der Waals surface area contributed by atoms with Crippen molar-refractivity contribution >= 4 is 21.8 Å². The predicted molar refractivity (Wildman–Crippen MR) is 80.9 cm³/mol. The van der Waals surface area contributed by atoms with E-state index in [1.165, 1.54) is 0 Å². The van der Waals surface area contributed by atoms with E-state index >= 15 is 0 Å². The maximum absolute atomic E-state index is 12.2. The van der Waals surface area contributed by atoms with Crippen molar-refractivity contribution in [3.05, 3.63) is 34.3 Å². The summed E-state index contributed by atoms with van der Waals surface area (Å²) in [7, 11) is 0. The maximum atomic E-state index is 12.2. The van der Waals surface area contributed by atoms with Gasteiger partial charge in [-0.05, 0) is 49.9 Å². The van der Waals surface area contributed by atoms with Crippen LogP contribution in [0.4, 0.5) is 0 Å². The second-order valence-corrected chi connectivity index (χ2v) is 6.34. The molecule has 0 saturated carbocycles. The number of hydrogen-bond donors (Lipinski definition) is 2. The van der Waals surface area contributed by atoms with Crippen LogP contribution in [0.15, 0.2) is 28.7 Å². The predicted octanol–water partition coefficient (Wildman–Crippen LogP) is 3.01. The molecule has 1 aromatic rings. The summed E-state index contributed by atoms with van der Waals surface area (Å²) in [5.41, 5.74) is 1.12. The van der Waals surface area contributed by atoms with Gasteiger partial charge in [0.15, 0.2) is 0 Å². The number of carbonyl (C=O) groups is 1. The number of benzene rings is 1. The maximum Gasteiger partial charge on any atom is 0.237 e. The molecule has 0 aromatic heterocycles. The van der Waals surface area contributed by atoms with Crippen molar-refractivity contribution < 1.29 is 4.79 Å². The summed E-state index contributed by atoms with van der Waals surface area (Å²) in [6.45, 7) is 5.16. The standard InChI is InChI=1S/C15H21BrN2O/c1-10-6-7-17-14(8-10)15(19)18-11(2)12-4-3-5-13(16)9-12/h3-5,9-11,14,17H,6-8H2,1-2H3,(H,18,19). The molecule has 1 heterocycles. The van der Waals surface area contributed by atoms with Gasteiger partial charge in [0.1, 0.15) is 0 Å². The lowest BCUT2D eigenvalue weighted by atomic mass is 9.93. The van der Waals surface area contributed by atoms with Gasteiger partial charge in [0.25, 0.3) is 0 Å². The molecule has 1 amide bonds. The number of halogens is 1. The molecule has 3 atom stereocenters. The third-order valence-corrected chi connectivity index (χ3v) is 4.18. The average Bonchev–Trinajstić information content (AvgIpc) is 2.38. The van der Waals surface area contributed by atoms with E-state index in [1.807, 2.05) is 31.2 Å². The van der Waals surface area contributed by atoms with Crippen LogP contribution in [0.1, 0.15) is 38.3 Å². The minimum Gasteiger partial charge on any atom is -0.348 e. The van der Waals surface area contributed by atoms with Crippen molar-refractivity contribution in [1.29, 1.82) is 0 Å². The Morgan fingerprint density at radius 3 is 3.00 bits per heavy atom. The van der Waals surface area contributed by atoms with Crippen molar-refractivity contribution in [1.82, 2.24) is 10.6 Å². The van der Waals surface area contributed by atoms with Crippen molar-refractivity contribution in [3.8, 4) is 0 Å². The molecule has 1 aliphatic heterocycles. The van der Waals surface area contributed by atoms with Crippen LogP contribution < -0.4 is 10.6 Å². The molecule has 1 aliphatic rings. The van der Waals surface area contributed by atoms with Crippen LogP contribution in [0.2, 0.25) is 0 Å². The lowest BCUT2D eigenvalue weighted by Crippen LogP contribution is -2.48. The molecular weight excluding hydrogens is 304 g/mol. The van der Waals surface area contributed by atoms with Crippen molar-refractivity contribution in [2.45, 2.75) is 38.8 Å². The molecule has 0 spiro atoms. The Kier molecular flexibility index (Phi) is 4.99. The molecule has 1 aromatic carbocycles. The van der Waals surface area contributed by atoms with Crippen molar-refractivity contribution in [2.75, 3.05) is 6.54 Å². The minimum atomic E-state index is -0.0432. The van der Waals surface area contributed by atoms with Crippen molar-refractivity contribution in [3.63, 3.8) is 0 Å². The second kappa shape index (κ2) is 6.53. The number of piperidine rings is 1. The Balaban J connectivity index is 1.94. The number of amides is 1. The molecule has 1 fully saturated rings. The van der Waals surface area contributed by atoms with E-state index in [4.69, 9.17) is 0 Å². The van der Waals surface area contributed by atoms with Crippen LogP contribution in [-0.4, -0.2) is 18.5 Å². The fourth-order valence-electron chi connectivity index (χ4n) is 2.48. The Morgan fingerprint density at radius 1 is 1.53 bits per heavy atom. The number of nitrogens with one attached hydrogen (secondary N) is 2. The van der Waals surface area contributed by atoms with Gasteiger partial charge in [-0.2, -0.15) is 0 Å². The number of hydrogen-bond acceptors (Lipinski definition) is 2. The van der Waals surface area contributed by atoms with Gasteiger partial charge >= 0.3 is 0 Å². The first kappa shape index (κ1) is 14.5. The van der Waals surface area contributed by atoms with E-state index in [0.717, 1.165) is 29.4 Å². The van der Waals surface area contributed by atoms with Gasteiger partial charge in [0.2, 0.25) is 5.91 Å². The molecule has 0 aliphatic carbocycles. The summed E-state index contributed by atoms with van der Waals surface area (Å²) < 4.78 is 1.04. The molecular formula is C15H21BrN2O. The summed E-state index contributed by atoms with van der Waals surface area (Å²) in [4.78, 5) is 12.2. The molecule has 1 saturated heterocycles. The Hall–Kier alpha value is -0.870. The molecule has 4 heteroatoms. The zero-order chi connectivity index (χ0) is 13.8. The van der Waals surface area contributed by atoms with Gasteiger partial charge in [0, 0.05) is 4.47 Å². The monoisotopic (exact) mass is 324 g/mol. The van der Waals surface area contributed by atoms with Crippen LogP contribution >= 0.6 is 15.9 Å². The third kappa shape index (κ3) is 4.05. The molecule has 2 N–H and O–H groups in total. The highest BCUT2D eigenvalue weighted by atomic mass is 79.9. The van der Waals surface area contributed by atoms with Crippen LogP contribution in [0, 0.1) is 5.92 Å². The molecule has 2 rings (SSSR count). The van der Waals surface area contributed by atoms with Crippen molar-refractivity contribution in [2.24, 2.45) is 5.92 Å². The SMILES string of the molecule is CC1CCNC(C(=O)NC(C)c2cccc(Br)c2)C1. The van der Waals surface area contributed by atoms with Crippen LogP contribution in [0.3, 0.4) is 0 Å². The lowest BCUT2D eigenvalue weighted by Gasteiger charge is -2.28. The summed E-state index contributed by atoms with van der Waals surface area (Å²) in [5, 5.41) is 6.39. The number of carbonyl (C=O) groups excluding carboxylic acids is 1. The molecule has 104 valence electrons. The van der Waals surface area contributed by atoms with Crippen LogP contribution in [0.25, 0.3) is 0 Å². The Morgan fingerprint density at radius 2 is 2.32 bits per heavy atom. The van der Waals surface area contributed by atoms with Gasteiger partial charge in [-0.25, -0.2) is 0 Å².